The minimum Gasteiger partial charge on any atom is -0.385 e. The standard InChI is InChI=1S/C14H17BrIN/c15-13-4-3-12(7-14(13)16)17-8-11-6-9-1-2-10(11)5-9/h3-4,7,9-11,17H,1-2,5-6,8H2. The van der Waals surface area contributed by atoms with Crippen LogP contribution in [-0.2, 0) is 0 Å². The molecule has 0 radical (unpaired) electrons. The van der Waals surface area contributed by atoms with Crippen LogP contribution in [-0.4, -0.2) is 6.54 Å². The van der Waals surface area contributed by atoms with Crippen LogP contribution in [0.2, 0.25) is 0 Å². The highest BCUT2D eigenvalue weighted by Gasteiger charge is 2.38. The summed E-state index contributed by atoms with van der Waals surface area (Å²) in [6, 6.07) is 6.52. The van der Waals surface area contributed by atoms with Crippen LogP contribution in [0.15, 0.2) is 22.7 Å². The largest absolute Gasteiger partial charge is 0.385 e. The average molecular weight is 406 g/mol. The molecule has 2 bridgehead atoms. The summed E-state index contributed by atoms with van der Waals surface area (Å²) in [6.07, 6.45) is 5.95. The topological polar surface area (TPSA) is 12.0 Å². The van der Waals surface area contributed by atoms with E-state index in [4.69, 9.17) is 0 Å². The summed E-state index contributed by atoms with van der Waals surface area (Å²) in [7, 11) is 0. The molecule has 92 valence electrons. The van der Waals surface area contributed by atoms with Crippen molar-refractivity contribution in [3.8, 4) is 0 Å². The summed E-state index contributed by atoms with van der Waals surface area (Å²) in [5, 5.41) is 3.61. The van der Waals surface area contributed by atoms with E-state index in [9.17, 15) is 0 Å². The molecule has 0 saturated heterocycles. The molecule has 3 rings (SSSR count). The molecule has 1 aromatic rings. The van der Waals surface area contributed by atoms with Crippen molar-refractivity contribution < 1.29 is 0 Å². The van der Waals surface area contributed by atoms with Crippen molar-refractivity contribution in [1.82, 2.24) is 0 Å². The predicted molar refractivity (Wildman–Crippen MR) is 84.3 cm³/mol. The summed E-state index contributed by atoms with van der Waals surface area (Å²) in [4.78, 5) is 0. The van der Waals surface area contributed by atoms with Crippen LogP contribution in [0.25, 0.3) is 0 Å². The molecule has 3 heteroatoms. The monoisotopic (exact) mass is 405 g/mol. The van der Waals surface area contributed by atoms with Gasteiger partial charge in [0.25, 0.3) is 0 Å². The van der Waals surface area contributed by atoms with Gasteiger partial charge < -0.3 is 5.32 Å². The maximum absolute atomic E-state index is 3.61. The molecule has 1 nitrogen and oxygen atoms in total. The molecular formula is C14H17BrIN. The lowest BCUT2D eigenvalue weighted by atomic mass is 9.89. The van der Waals surface area contributed by atoms with Crippen LogP contribution in [0.1, 0.15) is 25.7 Å². The molecule has 0 aromatic heterocycles. The Morgan fingerprint density at radius 1 is 1.29 bits per heavy atom. The molecular weight excluding hydrogens is 389 g/mol. The van der Waals surface area contributed by atoms with Crippen LogP contribution in [0.5, 0.6) is 0 Å². The van der Waals surface area contributed by atoms with E-state index in [2.05, 4.69) is 62.0 Å². The van der Waals surface area contributed by atoms with E-state index in [1.807, 2.05) is 0 Å². The maximum atomic E-state index is 3.61. The molecule has 3 atom stereocenters. The van der Waals surface area contributed by atoms with Gasteiger partial charge in [-0.05, 0) is 93.7 Å². The quantitative estimate of drug-likeness (QED) is 0.705. The van der Waals surface area contributed by atoms with Crippen molar-refractivity contribution in [3.63, 3.8) is 0 Å². The van der Waals surface area contributed by atoms with Gasteiger partial charge in [0.1, 0.15) is 0 Å². The lowest BCUT2D eigenvalue weighted by molar-refractivity contribution is 0.348. The first-order valence-corrected chi connectivity index (χ1v) is 8.28. The van der Waals surface area contributed by atoms with Gasteiger partial charge >= 0.3 is 0 Å². The minimum absolute atomic E-state index is 0.926. The lowest BCUT2D eigenvalue weighted by Gasteiger charge is -2.22. The van der Waals surface area contributed by atoms with Crippen molar-refractivity contribution in [2.24, 2.45) is 17.8 Å². The molecule has 2 aliphatic carbocycles. The van der Waals surface area contributed by atoms with Crippen LogP contribution in [0.4, 0.5) is 5.69 Å². The van der Waals surface area contributed by atoms with Crippen molar-refractivity contribution in [1.29, 1.82) is 0 Å². The smallest absolute Gasteiger partial charge is 0.0351 e. The first-order chi connectivity index (χ1) is 8.22. The lowest BCUT2D eigenvalue weighted by Crippen LogP contribution is -2.20. The zero-order valence-corrected chi connectivity index (χ0v) is 13.5. The number of nitrogens with one attached hydrogen (secondary N) is 1. The number of hydrogen-bond acceptors (Lipinski definition) is 1. The molecule has 0 heterocycles. The van der Waals surface area contributed by atoms with E-state index < -0.39 is 0 Å². The number of anilines is 1. The number of halogens is 2. The average Bonchev–Trinajstić information content (AvgIpc) is 2.92. The van der Waals surface area contributed by atoms with Gasteiger partial charge in [-0.1, -0.05) is 6.42 Å². The van der Waals surface area contributed by atoms with Crippen LogP contribution >= 0.6 is 38.5 Å². The van der Waals surface area contributed by atoms with Crippen molar-refractivity contribution >= 4 is 44.2 Å². The number of hydrogen-bond donors (Lipinski definition) is 1. The Morgan fingerprint density at radius 3 is 2.82 bits per heavy atom. The van der Waals surface area contributed by atoms with Gasteiger partial charge in [0.2, 0.25) is 0 Å². The SMILES string of the molecule is Brc1ccc(NCC2CC3CCC2C3)cc1I. The molecule has 0 aliphatic heterocycles. The highest BCUT2D eigenvalue weighted by atomic mass is 127. The second-order valence-electron chi connectivity index (χ2n) is 5.44. The Kier molecular flexibility index (Phi) is 3.67. The normalized spacial score (nSPS) is 30.8. The summed E-state index contributed by atoms with van der Waals surface area (Å²) in [5.41, 5.74) is 1.26. The zero-order chi connectivity index (χ0) is 11.8. The third kappa shape index (κ3) is 2.65. The predicted octanol–water partition coefficient (Wildman–Crippen LogP) is 4.90. The Balaban J connectivity index is 1.59. The van der Waals surface area contributed by atoms with E-state index in [1.165, 1.54) is 46.0 Å². The molecule has 3 unspecified atom stereocenters. The van der Waals surface area contributed by atoms with E-state index in [0.29, 0.717) is 0 Å². The Bertz CT molecular complexity index is 421. The molecule has 1 aromatic carbocycles. The zero-order valence-electron chi connectivity index (χ0n) is 9.76. The maximum Gasteiger partial charge on any atom is 0.0351 e. The summed E-state index contributed by atoms with van der Waals surface area (Å²) in [5.74, 6) is 2.99. The van der Waals surface area contributed by atoms with Crippen molar-refractivity contribution in [2.45, 2.75) is 25.7 Å². The highest BCUT2D eigenvalue weighted by Crippen LogP contribution is 2.48. The number of benzene rings is 1. The van der Waals surface area contributed by atoms with Crippen LogP contribution in [0.3, 0.4) is 0 Å². The van der Waals surface area contributed by atoms with E-state index in [0.717, 1.165) is 17.8 Å². The third-order valence-corrected chi connectivity index (χ3v) is 6.70. The Labute approximate surface area is 125 Å². The fraction of sp³-hybridized carbons (Fsp3) is 0.571. The number of fused-ring (bicyclic) bond motifs is 2. The summed E-state index contributed by atoms with van der Waals surface area (Å²) in [6.45, 7) is 1.17. The van der Waals surface area contributed by atoms with Gasteiger partial charge in [0, 0.05) is 20.3 Å². The highest BCUT2D eigenvalue weighted by molar-refractivity contribution is 14.1. The second-order valence-corrected chi connectivity index (χ2v) is 7.46. The summed E-state index contributed by atoms with van der Waals surface area (Å²) >= 11 is 5.91. The first-order valence-electron chi connectivity index (χ1n) is 6.41. The molecule has 1 N–H and O–H groups in total. The van der Waals surface area contributed by atoms with Gasteiger partial charge in [-0.25, -0.2) is 0 Å². The molecule has 2 fully saturated rings. The van der Waals surface area contributed by atoms with E-state index >= 15 is 0 Å². The van der Waals surface area contributed by atoms with Gasteiger partial charge in [0.05, 0.1) is 0 Å². The fourth-order valence-corrected chi connectivity index (χ4v) is 4.24. The molecule has 0 spiro atoms. The first kappa shape index (κ1) is 12.3. The van der Waals surface area contributed by atoms with Gasteiger partial charge in [0.15, 0.2) is 0 Å². The second kappa shape index (κ2) is 5.08. The minimum atomic E-state index is 0.926. The van der Waals surface area contributed by atoms with Gasteiger partial charge in [-0.3, -0.25) is 0 Å². The van der Waals surface area contributed by atoms with Gasteiger partial charge in [-0.15, -0.1) is 0 Å². The summed E-state index contributed by atoms with van der Waals surface area (Å²) < 4.78 is 2.46. The van der Waals surface area contributed by atoms with Crippen molar-refractivity contribution in [2.75, 3.05) is 11.9 Å². The van der Waals surface area contributed by atoms with E-state index in [-0.39, 0.29) is 0 Å². The molecule has 0 amide bonds. The van der Waals surface area contributed by atoms with E-state index in [1.54, 1.807) is 0 Å². The third-order valence-electron chi connectivity index (χ3n) is 4.37. The van der Waals surface area contributed by atoms with Crippen LogP contribution < -0.4 is 5.32 Å². The number of rotatable bonds is 3. The molecule has 17 heavy (non-hydrogen) atoms. The van der Waals surface area contributed by atoms with Crippen LogP contribution in [0, 0.1) is 21.3 Å². The molecule has 2 aliphatic rings. The Hall–Kier alpha value is 0.230. The van der Waals surface area contributed by atoms with Crippen molar-refractivity contribution in [3.05, 3.63) is 26.2 Å². The molecule has 2 saturated carbocycles. The Morgan fingerprint density at radius 2 is 2.18 bits per heavy atom. The fourth-order valence-electron chi connectivity index (χ4n) is 3.48. The van der Waals surface area contributed by atoms with Gasteiger partial charge in [-0.2, -0.15) is 0 Å².